The minimum atomic E-state index is -1.97. The third-order valence-electron chi connectivity index (χ3n) is 5.81. The zero-order chi connectivity index (χ0) is 36.0. The van der Waals surface area contributed by atoms with Crippen LogP contribution in [0.3, 0.4) is 0 Å². The van der Waals surface area contributed by atoms with Crippen molar-refractivity contribution in [2.24, 2.45) is 0 Å². The fourth-order valence-electron chi connectivity index (χ4n) is 2.38. The Balaban J connectivity index is 0. The van der Waals surface area contributed by atoms with E-state index in [1.54, 1.807) is 95.0 Å². The first-order valence-electron chi connectivity index (χ1n) is 15.0. The van der Waals surface area contributed by atoms with Gasteiger partial charge in [0.25, 0.3) is 0 Å². The summed E-state index contributed by atoms with van der Waals surface area (Å²) in [7, 11) is 5.88. The molecule has 0 spiro atoms. The lowest BCUT2D eigenvalue weighted by Crippen LogP contribution is -2.13. The lowest BCUT2D eigenvalue weighted by molar-refractivity contribution is 0.196. The van der Waals surface area contributed by atoms with E-state index in [0.29, 0.717) is 5.03 Å². The van der Waals surface area contributed by atoms with Crippen LogP contribution in [0.4, 0.5) is 0 Å². The fraction of sp³-hybridized carbons (Fsp3) is 0.429. The normalized spacial score (nSPS) is 15.6. The number of hydrogen-bond donors (Lipinski definition) is 5. The molecule has 0 fully saturated rings. The highest BCUT2D eigenvalue weighted by Gasteiger charge is 2.20. The van der Waals surface area contributed by atoms with Crippen LogP contribution in [0.15, 0.2) is 118 Å². The van der Waals surface area contributed by atoms with Crippen molar-refractivity contribution in [2.75, 3.05) is 6.26 Å². The van der Waals surface area contributed by atoms with E-state index in [-0.39, 0.29) is 48.9 Å². The van der Waals surface area contributed by atoms with E-state index in [9.17, 15) is 14.8 Å². The molecule has 50 heavy (non-hydrogen) atoms. The van der Waals surface area contributed by atoms with Crippen molar-refractivity contribution in [2.45, 2.75) is 111 Å². The molecule has 8 nitrogen and oxygen atoms in total. The van der Waals surface area contributed by atoms with E-state index in [0.717, 1.165) is 15.1 Å². The summed E-state index contributed by atoms with van der Waals surface area (Å²) < 4.78 is 10.4. The zero-order valence-electron chi connectivity index (χ0n) is 28.2. The molecule has 0 aliphatic carbocycles. The third-order valence-corrected chi connectivity index (χ3v) is 15.8. The van der Waals surface area contributed by atoms with Crippen LogP contribution in [0.5, 0.6) is 0 Å². The number of thiol groups is 1. The minimum Gasteiger partial charge on any atom is -0.392 e. The maximum absolute atomic E-state index is 10.4. The quantitative estimate of drug-likeness (QED) is 0.0687. The molecule has 0 aromatic carbocycles. The second kappa shape index (κ2) is 29.4. The van der Waals surface area contributed by atoms with Gasteiger partial charge in [0, 0.05) is 46.8 Å². The largest absolute Gasteiger partial charge is 0.392 e. The van der Waals surface area contributed by atoms with Gasteiger partial charge < -0.3 is 19.9 Å². The predicted molar refractivity (Wildman–Crippen MR) is 230 cm³/mol. The average Bonchev–Trinajstić information content (AvgIpc) is 3.08. The Bertz CT molecular complexity index is 1270. The molecule has 0 saturated heterocycles. The van der Waals surface area contributed by atoms with Gasteiger partial charge in [-0.15, -0.1) is 0 Å². The summed E-state index contributed by atoms with van der Waals surface area (Å²) in [5, 5.41) is 31.1. The van der Waals surface area contributed by atoms with Crippen molar-refractivity contribution < 1.29 is 19.9 Å². The Morgan fingerprint density at radius 1 is 0.560 bits per heavy atom. The Morgan fingerprint density at radius 2 is 0.900 bits per heavy atom. The molecule has 0 aliphatic heterocycles. The Hall–Kier alpha value is -1.11. The average molecular weight is 821 g/mol. The van der Waals surface area contributed by atoms with Crippen molar-refractivity contribution in [1.29, 1.82) is 0 Å². The summed E-state index contributed by atoms with van der Waals surface area (Å²) in [6.07, 6.45) is 7.92. The van der Waals surface area contributed by atoms with Crippen LogP contribution in [0.1, 0.15) is 56.4 Å². The number of aliphatic hydroxyl groups is 3. The molecular formula is C35H56N4O4S7. The van der Waals surface area contributed by atoms with Gasteiger partial charge in [0.2, 0.25) is 0 Å². The molecule has 15 heteroatoms. The first kappa shape index (κ1) is 51.0. The monoisotopic (exact) mass is 820 g/mol. The van der Waals surface area contributed by atoms with Crippen LogP contribution >= 0.6 is 75.9 Å². The van der Waals surface area contributed by atoms with Gasteiger partial charge in [-0.1, -0.05) is 67.6 Å². The SMILES string of the molecule is C.C.CC(O)C(C)S.CS(O)(Sc1ccccn1)c1ccccn1.C[C@@H](O)[C@@H](C)SSc1ccccn1.C[C@H](O)[C@H](C)SSc1ccccn1. The van der Waals surface area contributed by atoms with Crippen molar-refractivity contribution >= 4 is 75.9 Å². The number of rotatable bonds is 12. The van der Waals surface area contributed by atoms with Crippen LogP contribution in [0.25, 0.3) is 0 Å². The summed E-state index contributed by atoms with van der Waals surface area (Å²) >= 11 is 3.94. The molecule has 282 valence electrons. The van der Waals surface area contributed by atoms with Gasteiger partial charge in [-0.3, -0.25) is 0 Å². The van der Waals surface area contributed by atoms with E-state index >= 15 is 0 Å². The van der Waals surface area contributed by atoms with Crippen molar-refractivity contribution in [1.82, 2.24) is 19.9 Å². The third kappa shape index (κ3) is 24.2. The molecular weight excluding hydrogens is 765 g/mol. The smallest absolute Gasteiger partial charge is 0.110 e. The van der Waals surface area contributed by atoms with Crippen molar-refractivity contribution in [3.63, 3.8) is 0 Å². The number of aromatic nitrogens is 4. The van der Waals surface area contributed by atoms with Gasteiger partial charge in [0.15, 0.2) is 0 Å². The fourth-order valence-corrected chi connectivity index (χ4v) is 9.83. The first-order valence-corrected chi connectivity index (χ1v) is 23.2. The minimum absolute atomic E-state index is 0. The standard InChI is InChI=1S/C11H12N2OS2.2C9H13NOS2.C4H10OS.2CH4/c1-16(14,11-7-3-5-9-13-11)15-10-6-2-4-8-12-10;2*1-7(11)8(2)12-13-9-5-3-4-6-10-9;1-3(5)4(2)6;;/h2-9,14H,1H3;2*3-8,11H,1-2H3;3-6H,1-2H3;2*1H4/t;2*7-,8-;;;/m.10.../s1. The molecule has 4 N–H and O–H groups in total. The second-order valence-corrected chi connectivity index (χ2v) is 21.4. The second-order valence-electron chi connectivity index (χ2n) is 10.3. The van der Waals surface area contributed by atoms with E-state index in [1.807, 2.05) is 93.6 Å². The summed E-state index contributed by atoms with van der Waals surface area (Å²) in [6, 6.07) is 22.8. The van der Waals surface area contributed by atoms with E-state index in [4.69, 9.17) is 5.11 Å². The molecule has 4 aromatic heterocycles. The van der Waals surface area contributed by atoms with Crippen LogP contribution < -0.4 is 0 Å². The molecule has 3 unspecified atom stereocenters. The molecule has 0 amide bonds. The molecule has 7 atom stereocenters. The van der Waals surface area contributed by atoms with Gasteiger partial charge in [0.05, 0.1) is 18.3 Å². The lowest BCUT2D eigenvalue weighted by atomic mass is 10.3. The Labute approximate surface area is 327 Å². The summed E-state index contributed by atoms with van der Waals surface area (Å²) in [6.45, 7) is 11.2. The van der Waals surface area contributed by atoms with Crippen molar-refractivity contribution in [3.05, 3.63) is 97.6 Å². The number of pyridine rings is 4. The van der Waals surface area contributed by atoms with Gasteiger partial charge in [-0.25, -0.2) is 19.9 Å². The predicted octanol–water partition coefficient (Wildman–Crippen LogP) is 10.6. The first-order chi connectivity index (χ1) is 22.7. The number of aliphatic hydroxyl groups excluding tert-OH is 3. The van der Waals surface area contributed by atoms with E-state index in [2.05, 4.69) is 32.6 Å². The highest BCUT2D eigenvalue weighted by molar-refractivity contribution is 8.91. The molecule has 4 aromatic rings. The van der Waals surface area contributed by atoms with E-state index < -0.39 is 9.34 Å². The highest BCUT2D eigenvalue weighted by Crippen LogP contribution is 2.61. The lowest BCUT2D eigenvalue weighted by Gasteiger charge is -2.26. The Kier molecular flexibility index (Phi) is 29.9. The molecule has 4 rings (SSSR count). The molecule has 0 aliphatic rings. The maximum Gasteiger partial charge on any atom is 0.110 e. The van der Waals surface area contributed by atoms with Gasteiger partial charge >= 0.3 is 0 Å². The Morgan fingerprint density at radius 3 is 1.18 bits per heavy atom. The molecule has 0 radical (unpaired) electrons. The van der Waals surface area contributed by atoms with Gasteiger partial charge in [0.1, 0.15) is 20.1 Å². The summed E-state index contributed by atoms with van der Waals surface area (Å²) in [4.78, 5) is 16.7. The zero-order valence-corrected chi connectivity index (χ0v) is 34.0. The highest BCUT2D eigenvalue weighted by atomic mass is 33.2. The van der Waals surface area contributed by atoms with Gasteiger partial charge in [-0.2, -0.15) is 12.6 Å². The molecule has 0 bridgehead atoms. The summed E-state index contributed by atoms with van der Waals surface area (Å²) in [5.41, 5.74) is 0. The van der Waals surface area contributed by atoms with E-state index in [1.165, 1.54) is 10.8 Å². The molecule has 0 saturated carbocycles. The number of nitrogens with zero attached hydrogens (tertiary/aromatic N) is 4. The summed E-state index contributed by atoms with van der Waals surface area (Å²) in [5.74, 6) is 0. The maximum atomic E-state index is 10.4. The molecule has 4 heterocycles. The van der Waals surface area contributed by atoms with Gasteiger partial charge in [-0.05, 0) is 125 Å². The van der Waals surface area contributed by atoms with Crippen LogP contribution in [-0.4, -0.2) is 80.1 Å². The topological polar surface area (TPSA) is 132 Å². The van der Waals surface area contributed by atoms with Crippen LogP contribution in [0, 0.1) is 0 Å². The number of hydrogen-bond acceptors (Lipinski definition) is 14. The van der Waals surface area contributed by atoms with Crippen LogP contribution in [0.2, 0.25) is 0 Å². The van der Waals surface area contributed by atoms with Crippen molar-refractivity contribution in [3.8, 4) is 0 Å². The van der Waals surface area contributed by atoms with Crippen LogP contribution in [-0.2, 0) is 0 Å².